The van der Waals surface area contributed by atoms with Gasteiger partial charge in [-0.1, -0.05) is 273 Å². The number of carboxylic acid groups (broad SMARTS) is 1. The van der Waals surface area contributed by atoms with Crippen LogP contribution in [-0.2, 0) is 22.1 Å². The van der Waals surface area contributed by atoms with Gasteiger partial charge in [0.2, 0.25) is 0 Å². The van der Waals surface area contributed by atoms with Gasteiger partial charge in [0, 0.05) is 6.92 Å². The molecule has 0 spiro atoms. The van der Waals surface area contributed by atoms with Crippen LogP contribution in [0.2, 0.25) is 0 Å². The molecule has 0 unspecified atom stereocenters. The van der Waals surface area contributed by atoms with Crippen LogP contribution in [-0.4, -0.2) is 11.1 Å². The molecule has 315 valence electrons. The number of carbonyl (C=O) groups is 1. The third kappa shape index (κ3) is 16.1. The second-order valence-corrected chi connectivity index (χ2v) is 20.2. The zero-order valence-corrected chi connectivity index (χ0v) is 40.1. The Balaban J connectivity index is 0.000000167. The molecular formula is C56H49ClO2P3Ru. The molecule has 0 bridgehead atoms. The van der Waals surface area contributed by atoms with Crippen molar-refractivity contribution in [1.29, 1.82) is 0 Å². The van der Waals surface area contributed by atoms with Crippen molar-refractivity contribution < 1.29 is 27.2 Å². The van der Waals surface area contributed by atoms with E-state index in [4.69, 9.17) is 9.90 Å². The number of rotatable bonds is 9. The molecule has 9 aromatic carbocycles. The summed E-state index contributed by atoms with van der Waals surface area (Å²) in [5.41, 5.74) is 0. The quantitative estimate of drug-likeness (QED) is 0.116. The third-order valence-electron chi connectivity index (χ3n) is 9.13. The molecule has 2 nitrogen and oxygen atoms in total. The number of carboxylic acids is 1. The second kappa shape index (κ2) is 28.4. The summed E-state index contributed by atoms with van der Waals surface area (Å²) in [4.78, 5) is 9.00. The van der Waals surface area contributed by atoms with E-state index in [1.807, 2.05) is 17.3 Å². The fourth-order valence-corrected chi connectivity index (χ4v) is 13.5. The van der Waals surface area contributed by atoms with Crippen LogP contribution in [0.4, 0.5) is 0 Å². The Morgan fingerprint density at radius 3 is 0.444 bits per heavy atom. The van der Waals surface area contributed by atoms with Crippen molar-refractivity contribution in [2.75, 3.05) is 0 Å². The summed E-state index contributed by atoms with van der Waals surface area (Å²) >= 11 is 1.82. The van der Waals surface area contributed by atoms with Gasteiger partial charge in [0.1, 0.15) is 0 Å². The maximum Gasteiger partial charge on any atom is -0.0134 e. The molecule has 9 aromatic rings. The van der Waals surface area contributed by atoms with Crippen LogP contribution < -0.4 is 47.7 Å². The van der Waals surface area contributed by atoms with Gasteiger partial charge in [0.15, 0.2) is 0 Å². The first-order chi connectivity index (χ1) is 31.1. The summed E-state index contributed by atoms with van der Waals surface area (Å²) in [6.07, 6.45) is 0. The maximum absolute atomic E-state index is 9.00. The predicted molar refractivity (Wildman–Crippen MR) is 275 cm³/mol. The molecule has 1 N–H and O–H groups in total. The first-order valence-corrected chi connectivity index (χ1v) is 26.5. The maximum atomic E-state index is 9.00. The SMILES string of the molecule is CC(=O)O.[Cl][Ru].c1ccc(P(c2ccccc2)c2ccccc2)cc1.c1ccc(P(c2ccccc2)c2ccccc2)cc1.c1ccc(P(c2ccccc2)c2ccccc2)cc1. The summed E-state index contributed by atoms with van der Waals surface area (Å²) in [6, 6.07) is 97.0. The van der Waals surface area contributed by atoms with E-state index in [2.05, 4.69) is 283 Å². The molecule has 0 atom stereocenters. The minimum Gasteiger partial charge on any atom is -0.0622 e. The van der Waals surface area contributed by atoms with Crippen LogP contribution in [0, 0.1) is 0 Å². The van der Waals surface area contributed by atoms with E-state index < -0.39 is 29.7 Å². The molecule has 0 aliphatic heterocycles. The van der Waals surface area contributed by atoms with Crippen molar-refractivity contribution in [2.45, 2.75) is 6.92 Å². The van der Waals surface area contributed by atoms with E-state index in [9.17, 15) is 0 Å². The third-order valence-corrected chi connectivity index (χ3v) is 16.5. The van der Waals surface area contributed by atoms with Crippen molar-refractivity contribution in [3.63, 3.8) is 0 Å². The Kier molecular flexibility index (Phi) is 21.9. The molecule has 63 heavy (non-hydrogen) atoms. The molecule has 0 radical (unpaired) electrons. The summed E-state index contributed by atoms with van der Waals surface area (Å²) in [6.45, 7) is 1.08. The van der Waals surface area contributed by atoms with Crippen molar-refractivity contribution in [2.24, 2.45) is 0 Å². The molecule has 9 rings (SSSR count). The average Bonchev–Trinajstić information content (AvgIpc) is 3.36. The second-order valence-electron chi connectivity index (χ2n) is 13.5. The van der Waals surface area contributed by atoms with Gasteiger partial charge in [-0.05, 0) is 71.5 Å². The fraction of sp³-hybridized carbons (Fsp3) is 0.0179. The zero-order valence-electron chi connectivity index (χ0n) is 34.9. The van der Waals surface area contributed by atoms with Gasteiger partial charge >= 0.3 is 27.0 Å². The van der Waals surface area contributed by atoms with Crippen molar-refractivity contribution in [1.82, 2.24) is 0 Å². The summed E-state index contributed by atoms with van der Waals surface area (Å²) in [5, 5.41) is 20.0. The Labute approximate surface area is 391 Å². The van der Waals surface area contributed by atoms with Crippen LogP contribution in [0.15, 0.2) is 273 Å². The molecule has 0 aromatic heterocycles. The standard InChI is InChI=1S/3C18H15P.C2H4O2.ClH.Ru/c3*1-4-10-16(11-5-1)19(17-12-6-2-7-13-17)18-14-8-3-9-15-18;1-2(3)4;;/h3*1-15H;1H3,(H,3,4);1H;/q;;;;;+1/p-1. The predicted octanol–water partition coefficient (Wildman–Crippen LogP) is 11.1. The Morgan fingerprint density at radius 2 is 0.365 bits per heavy atom. The number of benzene rings is 9. The van der Waals surface area contributed by atoms with E-state index in [-0.39, 0.29) is 0 Å². The molecule has 0 fully saturated rings. The largest absolute Gasteiger partial charge is 0.0622 e. The van der Waals surface area contributed by atoms with Crippen LogP contribution in [0.3, 0.4) is 0 Å². The first kappa shape index (κ1) is 48.7. The summed E-state index contributed by atoms with van der Waals surface area (Å²) in [5.74, 6) is -0.833. The van der Waals surface area contributed by atoms with E-state index in [0.29, 0.717) is 0 Å². The normalized spacial score (nSPS) is 10.1. The van der Waals surface area contributed by atoms with Gasteiger partial charge < -0.3 is 5.11 Å². The average molecular weight is 983 g/mol. The van der Waals surface area contributed by atoms with Crippen LogP contribution in [0.25, 0.3) is 0 Å². The fourth-order valence-electron chi connectivity index (χ4n) is 6.54. The number of aliphatic carboxylic acids is 1. The monoisotopic (exact) mass is 983 g/mol. The molecule has 7 heteroatoms. The Bertz CT molecular complexity index is 1980. The van der Waals surface area contributed by atoms with E-state index in [1.54, 1.807) is 0 Å². The van der Waals surface area contributed by atoms with Crippen molar-refractivity contribution in [3.8, 4) is 0 Å². The topological polar surface area (TPSA) is 37.3 Å². The van der Waals surface area contributed by atoms with Crippen molar-refractivity contribution in [3.05, 3.63) is 273 Å². The van der Waals surface area contributed by atoms with Gasteiger partial charge in [-0.3, -0.25) is 4.79 Å². The summed E-state index contributed by atoms with van der Waals surface area (Å²) < 4.78 is 0. The molecule has 0 saturated heterocycles. The molecule has 0 heterocycles. The summed E-state index contributed by atoms with van der Waals surface area (Å²) in [7, 11) is 3.23. The molecular weight excluding hydrogens is 934 g/mol. The number of halogens is 1. The van der Waals surface area contributed by atoms with E-state index in [1.165, 1.54) is 47.7 Å². The van der Waals surface area contributed by atoms with Gasteiger partial charge in [0.25, 0.3) is 5.97 Å². The van der Waals surface area contributed by atoms with Crippen LogP contribution in [0.5, 0.6) is 0 Å². The van der Waals surface area contributed by atoms with E-state index >= 15 is 0 Å². The zero-order chi connectivity index (χ0) is 44.3. The van der Waals surface area contributed by atoms with Crippen LogP contribution >= 0.6 is 33.5 Å². The van der Waals surface area contributed by atoms with Crippen LogP contribution in [0.1, 0.15) is 6.92 Å². The van der Waals surface area contributed by atoms with Crippen molar-refractivity contribution >= 4 is 87.2 Å². The smallest absolute Gasteiger partial charge is 0.0134 e. The first-order valence-electron chi connectivity index (χ1n) is 20.3. The minimum absolute atomic E-state index is 0.446. The molecule has 0 amide bonds. The number of hydrogen-bond acceptors (Lipinski definition) is 1. The number of hydrogen-bond donors (Lipinski definition) is 1. The van der Waals surface area contributed by atoms with Gasteiger partial charge in [-0.2, -0.15) is 0 Å². The molecule has 0 aliphatic rings. The molecule has 0 aliphatic carbocycles. The van der Waals surface area contributed by atoms with Gasteiger partial charge in [-0.15, -0.1) is 0 Å². The van der Waals surface area contributed by atoms with E-state index in [0.717, 1.165) is 6.92 Å². The van der Waals surface area contributed by atoms with Gasteiger partial charge in [0.05, 0.1) is 0 Å². The van der Waals surface area contributed by atoms with Gasteiger partial charge in [-0.25, -0.2) is 0 Å². The Hall–Kier alpha value is -5.35. The Morgan fingerprint density at radius 1 is 0.286 bits per heavy atom. The minimum atomic E-state index is -0.833. The molecule has 0 saturated carbocycles.